The van der Waals surface area contributed by atoms with Gasteiger partial charge in [0.25, 0.3) is 0 Å². The Morgan fingerprint density at radius 3 is 2.27 bits per heavy atom. The van der Waals surface area contributed by atoms with Crippen LogP contribution in [0.1, 0.15) is 31.3 Å². The molecule has 0 aliphatic rings. The summed E-state index contributed by atoms with van der Waals surface area (Å²) in [5.74, 6) is -0.686. The van der Waals surface area contributed by atoms with Crippen LogP contribution in [-0.4, -0.2) is 29.3 Å². The van der Waals surface area contributed by atoms with Crippen molar-refractivity contribution in [1.82, 2.24) is 4.57 Å². The van der Waals surface area contributed by atoms with Gasteiger partial charge in [0.2, 0.25) is 0 Å². The lowest BCUT2D eigenvalue weighted by Crippen LogP contribution is -2.29. The van der Waals surface area contributed by atoms with E-state index in [0.29, 0.717) is 15.9 Å². The van der Waals surface area contributed by atoms with E-state index in [1.165, 1.54) is 13.2 Å². The molecule has 0 N–H and O–H groups in total. The van der Waals surface area contributed by atoms with Crippen LogP contribution in [-0.2, 0) is 9.47 Å². The minimum atomic E-state index is -0.730. The Labute approximate surface area is 137 Å². The minimum absolute atomic E-state index is 0.00162. The number of benzene rings is 1. The van der Waals surface area contributed by atoms with Crippen molar-refractivity contribution in [2.75, 3.05) is 7.11 Å². The molecule has 0 fully saturated rings. The van der Waals surface area contributed by atoms with Crippen LogP contribution < -0.4 is 0 Å². The van der Waals surface area contributed by atoms with E-state index in [4.69, 9.17) is 32.7 Å². The number of carbonyl (C=O) groups excluding carboxylic acids is 2. The molecular weight excluding hydrogens is 329 g/mol. The van der Waals surface area contributed by atoms with Crippen LogP contribution in [0.3, 0.4) is 0 Å². The van der Waals surface area contributed by atoms with Gasteiger partial charge in [0.15, 0.2) is 0 Å². The molecule has 0 atom stereocenters. The van der Waals surface area contributed by atoms with Gasteiger partial charge in [-0.15, -0.1) is 0 Å². The SMILES string of the molecule is COC(=O)c1cc2c(Cl)ccc(Cl)c2n1C(=O)OC(C)(C)C. The molecule has 0 radical (unpaired) electrons. The summed E-state index contributed by atoms with van der Waals surface area (Å²) >= 11 is 12.3. The van der Waals surface area contributed by atoms with Crippen molar-refractivity contribution >= 4 is 46.2 Å². The van der Waals surface area contributed by atoms with E-state index >= 15 is 0 Å². The highest BCUT2D eigenvalue weighted by atomic mass is 35.5. The number of ether oxygens (including phenoxy) is 2. The van der Waals surface area contributed by atoms with Gasteiger partial charge in [-0.3, -0.25) is 0 Å². The summed E-state index contributed by atoms with van der Waals surface area (Å²) in [6.45, 7) is 5.18. The molecule has 0 aliphatic carbocycles. The molecule has 0 bridgehead atoms. The van der Waals surface area contributed by atoms with E-state index in [-0.39, 0.29) is 10.7 Å². The molecule has 22 heavy (non-hydrogen) atoms. The maximum absolute atomic E-state index is 12.5. The minimum Gasteiger partial charge on any atom is -0.464 e. The number of nitrogens with zero attached hydrogens (tertiary/aromatic N) is 1. The molecule has 0 amide bonds. The lowest BCUT2D eigenvalue weighted by Gasteiger charge is -2.20. The second-order valence-corrected chi connectivity index (χ2v) is 6.44. The maximum atomic E-state index is 12.5. The van der Waals surface area contributed by atoms with Gasteiger partial charge in [-0.1, -0.05) is 23.2 Å². The third-order valence-electron chi connectivity index (χ3n) is 2.83. The smallest absolute Gasteiger partial charge is 0.419 e. The normalized spacial score (nSPS) is 11.5. The highest BCUT2D eigenvalue weighted by molar-refractivity contribution is 6.40. The second kappa shape index (κ2) is 5.82. The van der Waals surface area contributed by atoms with Crippen molar-refractivity contribution in [3.05, 3.63) is 33.9 Å². The van der Waals surface area contributed by atoms with Gasteiger partial charge in [-0.25, -0.2) is 14.2 Å². The van der Waals surface area contributed by atoms with Gasteiger partial charge < -0.3 is 9.47 Å². The topological polar surface area (TPSA) is 57.5 Å². The Morgan fingerprint density at radius 1 is 1.14 bits per heavy atom. The molecule has 0 saturated carbocycles. The van der Waals surface area contributed by atoms with Crippen LogP contribution in [0.2, 0.25) is 10.0 Å². The fourth-order valence-electron chi connectivity index (χ4n) is 2.00. The summed E-state index contributed by atoms with van der Waals surface area (Å²) < 4.78 is 11.1. The van der Waals surface area contributed by atoms with Crippen molar-refractivity contribution < 1.29 is 19.1 Å². The average molecular weight is 344 g/mol. The number of halogens is 2. The van der Waals surface area contributed by atoms with Crippen molar-refractivity contribution in [2.45, 2.75) is 26.4 Å². The Bertz CT molecular complexity index is 759. The van der Waals surface area contributed by atoms with Crippen LogP contribution in [0.25, 0.3) is 10.9 Å². The monoisotopic (exact) mass is 343 g/mol. The number of carbonyl (C=O) groups is 2. The largest absolute Gasteiger partial charge is 0.464 e. The van der Waals surface area contributed by atoms with Gasteiger partial charge in [-0.2, -0.15) is 0 Å². The molecule has 0 unspecified atom stereocenters. The van der Waals surface area contributed by atoms with E-state index < -0.39 is 17.7 Å². The number of esters is 1. The van der Waals surface area contributed by atoms with Gasteiger partial charge in [0, 0.05) is 5.39 Å². The number of aromatic nitrogens is 1. The Balaban J connectivity index is 2.76. The lowest BCUT2D eigenvalue weighted by molar-refractivity contribution is 0.0490. The van der Waals surface area contributed by atoms with Gasteiger partial charge in [0.1, 0.15) is 11.3 Å². The third kappa shape index (κ3) is 3.05. The summed E-state index contributed by atoms with van der Waals surface area (Å²) in [5.41, 5.74) is -0.419. The van der Waals surface area contributed by atoms with E-state index in [1.807, 2.05) is 0 Å². The second-order valence-electron chi connectivity index (χ2n) is 5.63. The van der Waals surface area contributed by atoms with Gasteiger partial charge in [-0.05, 0) is 39.0 Å². The molecular formula is C15H15Cl2NO4. The molecule has 0 aliphatic heterocycles. The molecule has 2 rings (SSSR count). The zero-order valence-electron chi connectivity index (χ0n) is 12.6. The fraction of sp³-hybridized carbons (Fsp3) is 0.333. The first kappa shape index (κ1) is 16.6. The number of hydrogen-bond acceptors (Lipinski definition) is 4. The number of rotatable bonds is 1. The third-order valence-corrected chi connectivity index (χ3v) is 3.47. The molecule has 0 saturated heterocycles. The van der Waals surface area contributed by atoms with Crippen LogP contribution in [0.4, 0.5) is 4.79 Å². The number of methoxy groups -OCH3 is 1. The highest BCUT2D eigenvalue weighted by Gasteiger charge is 2.27. The quantitative estimate of drug-likeness (QED) is 0.714. The Kier molecular flexibility index (Phi) is 4.40. The van der Waals surface area contributed by atoms with Gasteiger partial charge in [0.05, 0.1) is 22.7 Å². The molecule has 1 aromatic heterocycles. The van der Waals surface area contributed by atoms with Crippen LogP contribution in [0.5, 0.6) is 0 Å². The molecule has 7 heteroatoms. The predicted octanol–water partition coefficient (Wildman–Crippen LogP) is 4.52. The van der Waals surface area contributed by atoms with Crippen molar-refractivity contribution in [1.29, 1.82) is 0 Å². The van der Waals surface area contributed by atoms with Crippen LogP contribution >= 0.6 is 23.2 Å². The Morgan fingerprint density at radius 2 is 1.73 bits per heavy atom. The van der Waals surface area contributed by atoms with Crippen molar-refractivity contribution in [2.24, 2.45) is 0 Å². The molecule has 2 aromatic rings. The summed E-state index contributed by atoms with van der Waals surface area (Å²) in [7, 11) is 1.22. The van der Waals surface area contributed by atoms with Crippen molar-refractivity contribution in [3.63, 3.8) is 0 Å². The van der Waals surface area contributed by atoms with E-state index in [2.05, 4.69) is 0 Å². The lowest BCUT2D eigenvalue weighted by atomic mass is 10.2. The van der Waals surface area contributed by atoms with Crippen molar-refractivity contribution in [3.8, 4) is 0 Å². The molecule has 5 nitrogen and oxygen atoms in total. The van der Waals surface area contributed by atoms with Crippen LogP contribution in [0.15, 0.2) is 18.2 Å². The Hall–Kier alpha value is -1.72. The fourth-order valence-corrected chi connectivity index (χ4v) is 2.45. The highest BCUT2D eigenvalue weighted by Crippen LogP contribution is 2.33. The summed E-state index contributed by atoms with van der Waals surface area (Å²) in [4.78, 5) is 24.4. The first-order valence-electron chi connectivity index (χ1n) is 6.47. The maximum Gasteiger partial charge on any atom is 0.419 e. The molecule has 118 valence electrons. The zero-order chi connectivity index (χ0) is 16.7. The molecule has 0 spiro atoms. The standard InChI is InChI=1S/C15H15Cl2NO4/c1-15(2,3)22-14(20)18-11(13(19)21-4)7-8-9(16)5-6-10(17)12(8)18/h5-7H,1-4H3. The number of hydrogen-bond donors (Lipinski definition) is 0. The molecule has 1 heterocycles. The van der Waals surface area contributed by atoms with E-state index in [9.17, 15) is 9.59 Å². The number of fused-ring (bicyclic) bond motifs is 1. The van der Waals surface area contributed by atoms with Crippen LogP contribution in [0, 0.1) is 0 Å². The summed E-state index contributed by atoms with van der Waals surface area (Å²) in [6, 6.07) is 4.60. The molecule has 1 aromatic carbocycles. The van der Waals surface area contributed by atoms with Gasteiger partial charge >= 0.3 is 12.1 Å². The predicted molar refractivity (Wildman–Crippen MR) is 84.9 cm³/mol. The van der Waals surface area contributed by atoms with E-state index in [0.717, 1.165) is 4.57 Å². The summed E-state index contributed by atoms with van der Waals surface area (Å²) in [6.07, 6.45) is -0.730. The average Bonchev–Trinajstić information content (AvgIpc) is 2.82. The van der Waals surface area contributed by atoms with E-state index in [1.54, 1.807) is 32.9 Å². The summed E-state index contributed by atoms with van der Waals surface area (Å²) in [5, 5.41) is 1.12. The first-order valence-corrected chi connectivity index (χ1v) is 7.22. The zero-order valence-corrected chi connectivity index (χ0v) is 14.1. The first-order chi connectivity index (χ1) is 10.2.